The molecule has 1 saturated heterocycles. The number of aliphatic hydroxyl groups excluding tert-OH is 1. The van der Waals surface area contributed by atoms with Crippen LogP contribution in [0.2, 0.25) is 0 Å². The number of aromatic nitrogens is 4. The van der Waals surface area contributed by atoms with Gasteiger partial charge >= 0.3 is 6.09 Å². The van der Waals surface area contributed by atoms with E-state index in [0.717, 1.165) is 34.6 Å². The molecule has 2 atom stereocenters. The molecule has 2 amide bonds. The number of imidazole rings is 1. The molecule has 2 N–H and O–H groups in total. The van der Waals surface area contributed by atoms with Gasteiger partial charge in [-0.25, -0.2) is 14.8 Å². The van der Waals surface area contributed by atoms with Gasteiger partial charge < -0.3 is 29.2 Å². The minimum atomic E-state index is -0.881. The Bertz CT molecular complexity index is 1580. The average molecular weight is 531 g/mol. The maximum absolute atomic E-state index is 13.2. The minimum absolute atomic E-state index is 0.103. The number of nitrogens with one attached hydrogen (secondary N) is 1. The van der Waals surface area contributed by atoms with E-state index in [4.69, 9.17) is 9.72 Å². The molecule has 39 heavy (non-hydrogen) atoms. The monoisotopic (exact) mass is 530 g/mol. The lowest BCUT2D eigenvalue weighted by Gasteiger charge is -2.24. The molecule has 6 rings (SSSR count). The molecule has 0 spiro atoms. The summed E-state index contributed by atoms with van der Waals surface area (Å²) in [4.78, 5) is 36.6. The maximum Gasteiger partial charge on any atom is 0.410 e. The van der Waals surface area contributed by atoms with Crippen molar-refractivity contribution in [1.29, 1.82) is 0 Å². The SMILES string of the molecule is Cn1c(-c2cc3cccnc3n2CC2CC2)nc2cc(C(=O)NC3CN(C(=O)OC(C)(C)C)CC3O)ccc21. The smallest absolute Gasteiger partial charge is 0.410 e. The predicted molar refractivity (Wildman–Crippen MR) is 147 cm³/mol. The van der Waals surface area contributed by atoms with Crippen LogP contribution in [0.3, 0.4) is 0 Å². The Morgan fingerprint density at radius 1 is 1.15 bits per heavy atom. The van der Waals surface area contributed by atoms with E-state index in [1.165, 1.54) is 17.7 Å². The molecule has 2 aliphatic rings. The molecule has 0 bridgehead atoms. The van der Waals surface area contributed by atoms with Crippen LogP contribution >= 0.6 is 0 Å². The molecular weight excluding hydrogens is 496 g/mol. The van der Waals surface area contributed by atoms with Gasteiger partial charge in [0.25, 0.3) is 5.91 Å². The van der Waals surface area contributed by atoms with Crippen LogP contribution < -0.4 is 5.32 Å². The second-order valence-electron chi connectivity index (χ2n) is 11.7. The summed E-state index contributed by atoms with van der Waals surface area (Å²) in [5.74, 6) is 1.16. The molecule has 204 valence electrons. The Balaban J connectivity index is 1.24. The highest BCUT2D eigenvalue weighted by Gasteiger charge is 2.37. The highest BCUT2D eigenvalue weighted by Crippen LogP contribution is 2.36. The van der Waals surface area contributed by atoms with Crippen LogP contribution in [-0.2, 0) is 18.3 Å². The third-order valence-corrected chi connectivity index (χ3v) is 7.42. The van der Waals surface area contributed by atoms with Crippen LogP contribution in [0, 0.1) is 5.92 Å². The first-order valence-electron chi connectivity index (χ1n) is 13.5. The second kappa shape index (κ2) is 9.37. The summed E-state index contributed by atoms with van der Waals surface area (Å²) in [6.45, 7) is 6.57. The maximum atomic E-state index is 13.2. The van der Waals surface area contributed by atoms with E-state index < -0.39 is 23.8 Å². The van der Waals surface area contributed by atoms with Gasteiger partial charge in [0.15, 0.2) is 5.82 Å². The van der Waals surface area contributed by atoms with E-state index in [2.05, 4.69) is 27.0 Å². The van der Waals surface area contributed by atoms with Crippen molar-refractivity contribution in [1.82, 2.24) is 29.3 Å². The minimum Gasteiger partial charge on any atom is -0.444 e. The van der Waals surface area contributed by atoms with Gasteiger partial charge in [-0.1, -0.05) is 0 Å². The number of fused-ring (bicyclic) bond motifs is 2. The standard InChI is InChI=1S/C29H34N6O4/c1-29(2,3)39-28(38)34-15-21(24(36)16-34)32-27(37)19-9-10-22-20(12-19)31-26(33(22)4)23-13-18-6-5-11-30-25(18)35(23)14-17-7-8-17/h5-6,9-13,17,21,24,36H,7-8,14-16H2,1-4H3,(H,32,37). The van der Waals surface area contributed by atoms with E-state index in [-0.39, 0.29) is 19.0 Å². The van der Waals surface area contributed by atoms with Gasteiger partial charge in [0.1, 0.15) is 11.2 Å². The van der Waals surface area contributed by atoms with Crippen molar-refractivity contribution in [3.63, 3.8) is 0 Å². The van der Waals surface area contributed by atoms with Gasteiger partial charge in [-0.05, 0) is 75.9 Å². The molecule has 10 heteroatoms. The van der Waals surface area contributed by atoms with Gasteiger partial charge in [0.05, 0.1) is 35.4 Å². The van der Waals surface area contributed by atoms with Crippen molar-refractivity contribution in [3.8, 4) is 11.5 Å². The van der Waals surface area contributed by atoms with Crippen molar-refractivity contribution in [3.05, 3.63) is 48.2 Å². The average Bonchev–Trinajstić information content (AvgIpc) is 3.41. The van der Waals surface area contributed by atoms with E-state index in [1.807, 2.05) is 29.9 Å². The van der Waals surface area contributed by atoms with Crippen LogP contribution in [-0.4, -0.2) is 71.9 Å². The number of carbonyl (C=O) groups excluding carboxylic acids is 2. The van der Waals surface area contributed by atoms with Gasteiger partial charge in [-0.2, -0.15) is 0 Å². The number of rotatable bonds is 5. The normalized spacial score (nSPS) is 19.7. The number of hydrogen-bond donors (Lipinski definition) is 2. The fraction of sp³-hybridized carbons (Fsp3) is 0.448. The van der Waals surface area contributed by atoms with Crippen LogP contribution in [0.1, 0.15) is 44.0 Å². The fourth-order valence-corrected chi connectivity index (χ4v) is 5.24. The molecule has 2 fully saturated rings. The lowest BCUT2D eigenvalue weighted by atomic mass is 10.1. The molecule has 4 heterocycles. The Kier molecular flexibility index (Phi) is 6.10. The molecular formula is C29H34N6O4. The van der Waals surface area contributed by atoms with E-state index >= 15 is 0 Å². The zero-order valence-electron chi connectivity index (χ0n) is 22.7. The predicted octanol–water partition coefficient (Wildman–Crippen LogP) is 3.71. The third kappa shape index (κ3) is 4.96. The molecule has 10 nitrogen and oxygen atoms in total. The highest BCUT2D eigenvalue weighted by molar-refractivity contribution is 5.98. The first-order valence-corrected chi connectivity index (χ1v) is 13.5. The number of pyridine rings is 1. The second-order valence-corrected chi connectivity index (χ2v) is 11.7. The number of likely N-dealkylation sites (tertiary alicyclic amines) is 1. The highest BCUT2D eigenvalue weighted by atomic mass is 16.6. The number of ether oxygens (including phenoxy) is 1. The number of nitrogens with zero attached hydrogens (tertiary/aromatic N) is 5. The third-order valence-electron chi connectivity index (χ3n) is 7.42. The number of aryl methyl sites for hydroxylation is 1. The summed E-state index contributed by atoms with van der Waals surface area (Å²) >= 11 is 0. The largest absolute Gasteiger partial charge is 0.444 e. The molecule has 1 saturated carbocycles. The number of benzene rings is 1. The van der Waals surface area contributed by atoms with E-state index in [1.54, 1.807) is 32.9 Å². The zero-order valence-corrected chi connectivity index (χ0v) is 22.7. The molecule has 1 aromatic carbocycles. The Morgan fingerprint density at radius 2 is 1.95 bits per heavy atom. The number of aliphatic hydroxyl groups is 1. The summed E-state index contributed by atoms with van der Waals surface area (Å²) in [7, 11) is 1.98. The molecule has 1 aliphatic heterocycles. The number of hydrogen-bond acceptors (Lipinski definition) is 6. The summed E-state index contributed by atoms with van der Waals surface area (Å²) in [6, 6.07) is 11.0. The molecule has 1 aliphatic carbocycles. The Hall–Kier alpha value is -3.92. The van der Waals surface area contributed by atoms with Crippen LogP contribution in [0.5, 0.6) is 0 Å². The van der Waals surface area contributed by atoms with Gasteiger partial charge in [0, 0.05) is 37.3 Å². The number of β-amino-alcohol motifs (C(OH)–C–C–N with tert-alkyl or cyclic N) is 1. The lowest BCUT2D eigenvalue weighted by molar-refractivity contribution is 0.0269. The van der Waals surface area contributed by atoms with Crippen molar-refractivity contribution in [2.45, 2.75) is 57.9 Å². The van der Waals surface area contributed by atoms with Gasteiger partial charge in [-0.3, -0.25) is 4.79 Å². The lowest BCUT2D eigenvalue weighted by Crippen LogP contribution is -2.43. The van der Waals surface area contributed by atoms with Gasteiger partial charge in [0.2, 0.25) is 0 Å². The summed E-state index contributed by atoms with van der Waals surface area (Å²) < 4.78 is 9.72. The topological polar surface area (TPSA) is 115 Å². The number of amides is 2. The quantitative estimate of drug-likeness (QED) is 0.407. The first-order chi connectivity index (χ1) is 18.6. The van der Waals surface area contributed by atoms with Gasteiger partial charge in [-0.15, -0.1) is 0 Å². The Morgan fingerprint density at radius 3 is 2.69 bits per heavy atom. The van der Waals surface area contributed by atoms with E-state index in [9.17, 15) is 14.7 Å². The zero-order chi connectivity index (χ0) is 27.5. The van der Waals surface area contributed by atoms with Crippen molar-refractivity contribution in [2.24, 2.45) is 13.0 Å². The van der Waals surface area contributed by atoms with Crippen molar-refractivity contribution >= 4 is 34.1 Å². The Labute approximate surface area is 226 Å². The van der Waals surface area contributed by atoms with Crippen LogP contribution in [0.4, 0.5) is 4.79 Å². The molecule has 3 aromatic heterocycles. The van der Waals surface area contributed by atoms with Crippen molar-refractivity contribution in [2.75, 3.05) is 13.1 Å². The van der Waals surface area contributed by atoms with Crippen molar-refractivity contribution < 1.29 is 19.4 Å². The molecule has 4 aromatic rings. The summed E-state index contributed by atoms with van der Waals surface area (Å²) in [5, 5.41) is 14.5. The molecule has 2 unspecified atom stereocenters. The van der Waals surface area contributed by atoms with Crippen LogP contribution in [0.25, 0.3) is 33.6 Å². The summed E-state index contributed by atoms with van der Waals surface area (Å²) in [6.07, 6.45) is 2.91. The first kappa shape index (κ1) is 25.4. The molecule has 0 radical (unpaired) electrons. The number of carbonyl (C=O) groups is 2. The van der Waals surface area contributed by atoms with E-state index in [0.29, 0.717) is 17.0 Å². The summed E-state index contributed by atoms with van der Waals surface area (Å²) in [5.41, 5.74) is 3.39. The fourth-order valence-electron chi connectivity index (χ4n) is 5.24. The van der Waals surface area contributed by atoms with Crippen LogP contribution in [0.15, 0.2) is 42.6 Å².